The molecule has 0 bridgehead atoms. The number of rotatable bonds is 3. The summed E-state index contributed by atoms with van der Waals surface area (Å²) in [5.41, 5.74) is -0.374. The first-order valence-electron chi connectivity index (χ1n) is 7.28. The van der Waals surface area contributed by atoms with Crippen molar-refractivity contribution in [1.29, 1.82) is 0 Å². The first kappa shape index (κ1) is 13.6. The van der Waals surface area contributed by atoms with Gasteiger partial charge >= 0.3 is 0 Å². The van der Waals surface area contributed by atoms with Gasteiger partial charge in [0.2, 0.25) is 0 Å². The lowest BCUT2D eigenvalue weighted by molar-refractivity contribution is 0.0694. The van der Waals surface area contributed by atoms with Crippen LogP contribution in [0.5, 0.6) is 0 Å². The van der Waals surface area contributed by atoms with Gasteiger partial charge in [-0.3, -0.25) is 14.5 Å². The number of fused-ring (bicyclic) bond motifs is 1. The van der Waals surface area contributed by atoms with Gasteiger partial charge in [-0.05, 0) is 38.3 Å². The van der Waals surface area contributed by atoms with Crippen LogP contribution in [0.2, 0.25) is 0 Å². The van der Waals surface area contributed by atoms with Gasteiger partial charge in [0.25, 0.3) is 11.5 Å². The van der Waals surface area contributed by atoms with Crippen LogP contribution in [0.25, 0.3) is 0 Å². The minimum atomic E-state index is -0.374. The molecule has 3 unspecified atom stereocenters. The minimum Gasteiger partial charge on any atom is -0.373 e. The van der Waals surface area contributed by atoms with Gasteiger partial charge in [0.1, 0.15) is 5.76 Å². The molecule has 0 amide bonds. The second kappa shape index (κ2) is 5.18. The lowest BCUT2D eigenvalue weighted by Crippen LogP contribution is -2.41. The van der Waals surface area contributed by atoms with E-state index in [1.807, 2.05) is 0 Å². The Morgan fingerprint density at radius 1 is 1.50 bits per heavy atom. The minimum absolute atomic E-state index is 0.262. The van der Waals surface area contributed by atoms with Gasteiger partial charge in [0.05, 0.1) is 6.54 Å². The summed E-state index contributed by atoms with van der Waals surface area (Å²) in [5, 5.41) is 3.42. The molecule has 3 rings (SSSR count). The average Bonchev–Trinajstić information content (AvgIpc) is 3.03. The van der Waals surface area contributed by atoms with Gasteiger partial charge in [0, 0.05) is 18.7 Å². The van der Waals surface area contributed by atoms with E-state index in [9.17, 15) is 9.59 Å². The van der Waals surface area contributed by atoms with Gasteiger partial charge in [-0.25, -0.2) is 0 Å². The molecule has 0 aliphatic carbocycles. The number of carbonyl (C=O) groups is 1. The summed E-state index contributed by atoms with van der Waals surface area (Å²) in [6.07, 6.45) is 1.03. The molecule has 20 heavy (non-hydrogen) atoms. The molecule has 1 N–H and O–H groups in total. The van der Waals surface area contributed by atoms with Crippen LogP contribution in [-0.4, -0.2) is 47.8 Å². The van der Waals surface area contributed by atoms with Crippen LogP contribution in [0.1, 0.15) is 23.9 Å². The zero-order valence-electron chi connectivity index (χ0n) is 12.0. The number of nitrogens with one attached hydrogen (secondary N) is 1. The largest absolute Gasteiger partial charge is 0.373 e. The third kappa shape index (κ3) is 2.23. The van der Waals surface area contributed by atoms with Crippen molar-refractivity contribution in [2.75, 3.05) is 26.2 Å². The van der Waals surface area contributed by atoms with Crippen molar-refractivity contribution in [3.8, 4) is 0 Å². The Morgan fingerprint density at radius 2 is 2.30 bits per heavy atom. The number of aryl methyl sites for hydroxylation is 1. The summed E-state index contributed by atoms with van der Waals surface area (Å²) < 4.78 is 6.05. The fourth-order valence-corrected chi connectivity index (χ4v) is 3.71. The first-order chi connectivity index (χ1) is 9.60. The Balaban J connectivity index is 1.73. The molecule has 110 valence electrons. The number of carbonyl (C=O) groups excluding carboxylic acids is 1. The zero-order chi connectivity index (χ0) is 14.3. The highest BCUT2D eigenvalue weighted by Crippen LogP contribution is 2.33. The van der Waals surface area contributed by atoms with Crippen molar-refractivity contribution >= 4 is 5.91 Å². The molecule has 2 aliphatic heterocycles. The summed E-state index contributed by atoms with van der Waals surface area (Å²) in [6, 6.07) is 1.77. The van der Waals surface area contributed by atoms with Crippen LogP contribution in [0.15, 0.2) is 15.4 Å². The number of aromatic nitrogens is 1. The van der Waals surface area contributed by atoms with Crippen molar-refractivity contribution in [3.05, 3.63) is 22.2 Å². The quantitative estimate of drug-likeness (QED) is 0.863. The summed E-state index contributed by atoms with van der Waals surface area (Å²) in [7, 11) is 0. The fraction of sp³-hybridized carbons (Fsp3) is 0.714. The normalized spacial score (nSPS) is 29.8. The van der Waals surface area contributed by atoms with Crippen molar-refractivity contribution in [3.63, 3.8) is 0 Å². The highest BCUT2D eigenvalue weighted by Gasteiger charge is 2.43. The monoisotopic (exact) mass is 279 g/mol. The van der Waals surface area contributed by atoms with E-state index in [1.165, 1.54) is 6.07 Å². The summed E-state index contributed by atoms with van der Waals surface area (Å²) in [5.74, 6) is 1.46. The Labute approximate surface area is 117 Å². The molecule has 6 heteroatoms. The Bertz CT molecular complexity index is 562. The van der Waals surface area contributed by atoms with Crippen LogP contribution in [-0.2, 0) is 0 Å². The lowest BCUT2D eigenvalue weighted by atomic mass is 9.93. The van der Waals surface area contributed by atoms with Gasteiger partial charge in [-0.15, -0.1) is 4.74 Å². The lowest BCUT2D eigenvalue weighted by Gasteiger charge is -2.25. The van der Waals surface area contributed by atoms with Gasteiger partial charge in [-0.2, -0.15) is 0 Å². The number of likely N-dealkylation sites (tertiary alicyclic amines) is 1. The Morgan fingerprint density at radius 3 is 2.95 bits per heavy atom. The molecule has 6 nitrogen and oxygen atoms in total. The molecule has 1 aromatic rings. The topological polar surface area (TPSA) is 67.5 Å². The van der Waals surface area contributed by atoms with E-state index in [1.54, 1.807) is 6.92 Å². The fourth-order valence-electron chi connectivity index (χ4n) is 3.71. The van der Waals surface area contributed by atoms with E-state index in [0.29, 0.717) is 23.6 Å². The van der Waals surface area contributed by atoms with Crippen LogP contribution in [0.3, 0.4) is 0 Å². The van der Waals surface area contributed by atoms with Crippen molar-refractivity contribution in [2.45, 2.75) is 26.3 Å². The van der Waals surface area contributed by atoms with Crippen molar-refractivity contribution < 1.29 is 9.32 Å². The van der Waals surface area contributed by atoms with E-state index in [0.717, 1.165) is 30.8 Å². The van der Waals surface area contributed by atoms with Crippen LogP contribution >= 0.6 is 0 Å². The molecular weight excluding hydrogens is 258 g/mol. The summed E-state index contributed by atoms with van der Waals surface area (Å²) in [6.45, 7) is 7.09. The molecule has 2 aliphatic rings. The second-order valence-electron chi connectivity index (χ2n) is 5.86. The summed E-state index contributed by atoms with van der Waals surface area (Å²) >= 11 is 0. The molecule has 0 aromatic carbocycles. The molecule has 2 saturated heterocycles. The van der Waals surface area contributed by atoms with Crippen molar-refractivity contribution in [1.82, 2.24) is 15.0 Å². The number of nitrogens with zero attached hydrogens (tertiary/aromatic N) is 2. The Hall–Kier alpha value is -1.40. The second-order valence-corrected chi connectivity index (χ2v) is 5.86. The highest BCUT2D eigenvalue weighted by atomic mass is 16.5. The van der Waals surface area contributed by atoms with E-state index in [-0.39, 0.29) is 18.0 Å². The van der Waals surface area contributed by atoms with Gasteiger partial charge in [-0.1, -0.05) is 6.92 Å². The molecule has 3 heterocycles. The van der Waals surface area contributed by atoms with Gasteiger partial charge < -0.3 is 9.84 Å². The molecule has 0 saturated carbocycles. The van der Waals surface area contributed by atoms with Crippen LogP contribution < -0.4 is 10.9 Å². The molecule has 2 fully saturated rings. The van der Waals surface area contributed by atoms with Crippen LogP contribution in [0, 0.1) is 18.8 Å². The molecular formula is C14H21N3O3. The number of hydrogen-bond acceptors (Lipinski definition) is 5. The van der Waals surface area contributed by atoms with E-state index < -0.39 is 0 Å². The zero-order valence-corrected chi connectivity index (χ0v) is 12.0. The molecule has 0 spiro atoms. The van der Waals surface area contributed by atoms with Crippen LogP contribution in [0.4, 0.5) is 0 Å². The van der Waals surface area contributed by atoms with E-state index >= 15 is 0 Å². The SMILES string of the molecule is CCC1C2CNCC2CN1CC(=O)n1oc(C)cc1=O. The third-order valence-electron chi connectivity index (χ3n) is 4.57. The maximum atomic E-state index is 12.2. The van der Waals surface area contributed by atoms with Gasteiger partial charge in [0.15, 0.2) is 0 Å². The standard InChI is InChI=1S/C14H21N3O3/c1-3-12-11-6-15-5-10(11)7-16(12)8-14(19)17-13(18)4-9(2)20-17/h4,10-12,15H,3,5-8H2,1-2H3. The predicted octanol–water partition coefficient (Wildman–Crippen LogP) is 0.320. The molecule has 3 atom stereocenters. The molecule has 1 aromatic heterocycles. The average molecular weight is 279 g/mol. The number of hydrogen-bond donors (Lipinski definition) is 1. The molecule has 0 radical (unpaired) electrons. The Kier molecular flexibility index (Phi) is 3.52. The van der Waals surface area contributed by atoms with E-state index in [4.69, 9.17) is 4.52 Å². The first-order valence-corrected chi connectivity index (χ1v) is 7.28. The maximum absolute atomic E-state index is 12.2. The smallest absolute Gasteiger partial charge is 0.290 e. The van der Waals surface area contributed by atoms with Crippen molar-refractivity contribution in [2.24, 2.45) is 11.8 Å². The van der Waals surface area contributed by atoms with E-state index in [2.05, 4.69) is 17.1 Å². The highest BCUT2D eigenvalue weighted by molar-refractivity contribution is 5.79. The maximum Gasteiger partial charge on any atom is 0.290 e. The third-order valence-corrected chi connectivity index (χ3v) is 4.57. The predicted molar refractivity (Wildman–Crippen MR) is 73.8 cm³/mol. The summed E-state index contributed by atoms with van der Waals surface area (Å²) in [4.78, 5) is 26.1.